The molecule has 6 nitrogen and oxygen atoms in total. The maximum atomic E-state index is 5.88. The molecule has 0 saturated carbocycles. The summed E-state index contributed by atoms with van der Waals surface area (Å²) in [6.07, 6.45) is 2.30. The third kappa shape index (κ3) is 3.00. The van der Waals surface area contributed by atoms with Gasteiger partial charge in [-0.25, -0.2) is 0 Å². The molecule has 1 N–H and O–H groups in total. The van der Waals surface area contributed by atoms with Gasteiger partial charge in [-0.2, -0.15) is 15.0 Å². The Hall–Kier alpha value is -1.14. The fraction of sp³-hybridized carbons (Fsp3) is 0.727. The van der Waals surface area contributed by atoms with Gasteiger partial charge in [0.1, 0.15) is 0 Å². The molecule has 0 radical (unpaired) electrons. The lowest BCUT2D eigenvalue weighted by Gasteiger charge is -2.33. The summed E-state index contributed by atoms with van der Waals surface area (Å²) in [4.78, 5) is 14.5. The normalized spacial score (nSPS) is 19.6. The summed E-state index contributed by atoms with van der Waals surface area (Å²) >= 11 is 5.88. The monoisotopic (exact) mass is 271 g/mol. The molecule has 0 spiro atoms. The van der Waals surface area contributed by atoms with E-state index in [9.17, 15) is 0 Å². The van der Waals surface area contributed by atoms with Crippen LogP contribution in [-0.2, 0) is 0 Å². The van der Waals surface area contributed by atoms with Crippen molar-refractivity contribution in [3.05, 3.63) is 5.28 Å². The van der Waals surface area contributed by atoms with Crippen LogP contribution in [0.5, 0.6) is 6.01 Å². The molecular formula is C11H18ClN5O. The topological polar surface area (TPSA) is 63.2 Å². The first-order chi connectivity index (χ1) is 8.74. The molecule has 0 aromatic carbocycles. The maximum Gasteiger partial charge on any atom is 0.322 e. The molecule has 100 valence electrons. The van der Waals surface area contributed by atoms with Gasteiger partial charge in [0.05, 0.1) is 7.11 Å². The minimum atomic E-state index is 0.166. The molecule has 0 aliphatic carbocycles. The summed E-state index contributed by atoms with van der Waals surface area (Å²) < 4.78 is 5.03. The SMILES string of the molecule is CCN(c1nc(Cl)nc(OC)n1)C1CCCNC1. The number of nitrogens with zero attached hydrogens (tertiary/aromatic N) is 4. The summed E-state index contributed by atoms with van der Waals surface area (Å²) in [5.41, 5.74) is 0. The number of halogens is 1. The van der Waals surface area contributed by atoms with Gasteiger partial charge in [0.25, 0.3) is 0 Å². The molecule has 2 heterocycles. The predicted molar refractivity (Wildman–Crippen MR) is 70.3 cm³/mol. The molecule has 1 aromatic heterocycles. The van der Waals surface area contributed by atoms with E-state index < -0.39 is 0 Å². The Morgan fingerprint density at radius 3 is 2.89 bits per heavy atom. The molecule has 0 amide bonds. The van der Waals surface area contributed by atoms with Crippen molar-refractivity contribution in [2.24, 2.45) is 0 Å². The lowest BCUT2D eigenvalue weighted by molar-refractivity contribution is 0.375. The third-order valence-electron chi connectivity index (χ3n) is 3.07. The average molecular weight is 272 g/mol. The predicted octanol–water partition coefficient (Wildman–Crippen LogP) is 1.11. The fourth-order valence-corrected chi connectivity index (χ4v) is 2.35. The van der Waals surface area contributed by atoms with Crippen LogP contribution >= 0.6 is 11.6 Å². The van der Waals surface area contributed by atoms with E-state index in [2.05, 4.69) is 32.1 Å². The number of nitrogens with one attached hydrogen (secondary N) is 1. The molecule has 7 heteroatoms. The van der Waals surface area contributed by atoms with Gasteiger partial charge in [-0.15, -0.1) is 0 Å². The second kappa shape index (κ2) is 6.15. The van der Waals surface area contributed by atoms with Gasteiger partial charge in [0, 0.05) is 19.1 Å². The number of rotatable bonds is 4. The number of likely N-dealkylation sites (N-methyl/N-ethyl adjacent to an activating group) is 1. The van der Waals surface area contributed by atoms with E-state index in [1.807, 2.05) is 0 Å². The van der Waals surface area contributed by atoms with Crippen molar-refractivity contribution >= 4 is 17.5 Å². The molecule has 1 unspecified atom stereocenters. The molecule has 0 bridgehead atoms. The second-order valence-electron chi connectivity index (χ2n) is 4.18. The van der Waals surface area contributed by atoms with E-state index in [1.165, 1.54) is 7.11 Å². The number of aromatic nitrogens is 3. The molecule has 1 atom stereocenters. The quantitative estimate of drug-likeness (QED) is 0.885. The number of hydrogen-bond donors (Lipinski definition) is 1. The van der Waals surface area contributed by atoms with E-state index in [0.717, 1.165) is 32.5 Å². The largest absolute Gasteiger partial charge is 0.467 e. The van der Waals surface area contributed by atoms with Crippen LogP contribution in [-0.4, -0.2) is 47.7 Å². The van der Waals surface area contributed by atoms with Crippen molar-refractivity contribution in [2.45, 2.75) is 25.8 Å². The molecule has 2 rings (SSSR count). The number of anilines is 1. The van der Waals surface area contributed by atoms with Crippen molar-refractivity contribution in [3.8, 4) is 6.01 Å². The molecule has 1 aliphatic heterocycles. The zero-order valence-electron chi connectivity index (χ0n) is 10.7. The highest BCUT2D eigenvalue weighted by atomic mass is 35.5. The van der Waals surface area contributed by atoms with Crippen molar-refractivity contribution < 1.29 is 4.74 Å². The van der Waals surface area contributed by atoms with E-state index in [0.29, 0.717) is 12.0 Å². The zero-order valence-corrected chi connectivity index (χ0v) is 11.4. The highest BCUT2D eigenvalue weighted by Crippen LogP contribution is 2.19. The maximum absolute atomic E-state index is 5.88. The number of methoxy groups -OCH3 is 1. The summed E-state index contributed by atoms with van der Waals surface area (Å²) in [7, 11) is 1.52. The average Bonchev–Trinajstić information content (AvgIpc) is 2.40. The third-order valence-corrected chi connectivity index (χ3v) is 3.24. The van der Waals surface area contributed by atoms with Gasteiger partial charge in [0.2, 0.25) is 11.2 Å². The first kappa shape index (κ1) is 13.3. The first-order valence-corrected chi connectivity index (χ1v) is 6.55. The molecular weight excluding hydrogens is 254 g/mol. The van der Waals surface area contributed by atoms with E-state index in [4.69, 9.17) is 16.3 Å². The summed E-state index contributed by atoms with van der Waals surface area (Å²) in [6, 6.07) is 0.652. The Morgan fingerprint density at radius 1 is 1.44 bits per heavy atom. The lowest BCUT2D eigenvalue weighted by atomic mass is 10.1. The van der Waals surface area contributed by atoms with Crippen molar-refractivity contribution in [1.82, 2.24) is 20.3 Å². The van der Waals surface area contributed by atoms with Crippen LogP contribution in [0, 0.1) is 0 Å². The number of ether oxygens (including phenoxy) is 1. The number of piperidine rings is 1. The Morgan fingerprint density at radius 2 is 2.28 bits per heavy atom. The number of hydrogen-bond acceptors (Lipinski definition) is 6. The Kier molecular flexibility index (Phi) is 4.54. The molecule has 1 aromatic rings. The Labute approximate surface area is 112 Å². The highest BCUT2D eigenvalue weighted by Gasteiger charge is 2.23. The lowest BCUT2D eigenvalue weighted by Crippen LogP contribution is -2.46. The molecule has 18 heavy (non-hydrogen) atoms. The van der Waals surface area contributed by atoms with Crippen LogP contribution in [0.25, 0.3) is 0 Å². The molecule has 1 saturated heterocycles. The summed E-state index contributed by atoms with van der Waals surface area (Å²) in [6.45, 7) is 4.93. The second-order valence-corrected chi connectivity index (χ2v) is 4.52. The van der Waals surface area contributed by atoms with E-state index in [-0.39, 0.29) is 11.3 Å². The van der Waals surface area contributed by atoms with Gasteiger partial charge in [-0.3, -0.25) is 0 Å². The zero-order chi connectivity index (χ0) is 13.0. The minimum Gasteiger partial charge on any atom is -0.467 e. The van der Waals surface area contributed by atoms with Gasteiger partial charge in [-0.05, 0) is 37.9 Å². The minimum absolute atomic E-state index is 0.166. The van der Waals surface area contributed by atoms with Crippen LogP contribution in [0.4, 0.5) is 5.95 Å². The summed E-state index contributed by atoms with van der Waals surface area (Å²) in [5.74, 6) is 0.586. The van der Waals surface area contributed by atoms with Crippen LogP contribution < -0.4 is 15.0 Å². The van der Waals surface area contributed by atoms with Gasteiger partial charge in [0.15, 0.2) is 0 Å². The van der Waals surface area contributed by atoms with Crippen molar-refractivity contribution in [1.29, 1.82) is 0 Å². The standard InChI is InChI=1S/C11H18ClN5O/c1-3-17(8-5-4-6-13-7-8)10-14-9(12)15-11(16-10)18-2/h8,13H,3-7H2,1-2H3. The summed E-state index contributed by atoms with van der Waals surface area (Å²) in [5, 5.41) is 3.55. The highest BCUT2D eigenvalue weighted by molar-refractivity contribution is 6.28. The Balaban J connectivity index is 2.22. The van der Waals surface area contributed by atoms with E-state index in [1.54, 1.807) is 0 Å². The van der Waals surface area contributed by atoms with Gasteiger partial charge < -0.3 is 15.0 Å². The van der Waals surface area contributed by atoms with Crippen molar-refractivity contribution in [2.75, 3.05) is 31.6 Å². The van der Waals surface area contributed by atoms with Gasteiger partial charge in [-0.1, -0.05) is 0 Å². The molecule has 1 fully saturated rings. The fourth-order valence-electron chi connectivity index (χ4n) is 2.20. The molecule has 1 aliphatic rings. The van der Waals surface area contributed by atoms with Crippen LogP contribution in [0.3, 0.4) is 0 Å². The van der Waals surface area contributed by atoms with Crippen LogP contribution in [0.15, 0.2) is 0 Å². The smallest absolute Gasteiger partial charge is 0.322 e. The van der Waals surface area contributed by atoms with Crippen molar-refractivity contribution in [3.63, 3.8) is 0 Å². The van der Waals surface area contributed by atoms with Gasteiger partial charge >= 0.3 is 6.01 Å². The van der Waals surface area contributed by atoms with Crippen LogP contribution in [0.1, 0.15) is 19.8 Å². The Bertz CT molecular complexity index is 397. The van der Waals surface area contributed by atoms with E-state index >= 15 is 0 Å². The van der Waals surface area contributed by atoms with Crippen LogP contribution in [0.2, 0.25) is 5.28 Å². The first-order valence-electron chi connectivity index (χ1n) is 6.17.